The predicted octanol–water partition coefficient (Wildman–Crippen LogP) is 3.64. The Labute approximate surface area is 145 Å². The summed E-state index contributed by atoms with van der Waals surface area (Å²) in [4.78, 5) is 11.9. The molecule has 0 atom stereocenters. The molecule has 1 aromatic carbocycles. The summed E-state index contributed by atoms with van der Waals surface area (Å²) in [5, 5.41) is 2.75. The van der Waals surface area contributed by atoms with Crippen LogP contribution in [-0.2, 0) is 14.0 Å². The first kappa shape index (κ1) is 18.8. The maximum Gasteiger partial charge on any atom is 0.495 e. The highest BCUT2D eigenvalue weighted by Crippen LogP contribution is 2.36. The maximum atomic E-state index is 11.9. The van der Waals surface area contributed by atoms with Crippen molar-refractivity contribution in [2.24, 2.45) is 0 Å². The van der Waals surface area contributed by atoms with Crippen LogP contribution in [0.15, 0.2) is 18.2 Å². The van der Waals surface area contributed by atoms with Crippen LogP contribution in [-0.4, -0.2) is 30.0 Å². The first-order valence-corrected chi connectivity index (χ1v) is 8.27. The molecular weight excluding hydrogens is 305 g/mol. The van der Waals surface area contributed by atoms with E-state index in [9.17, 15) is 4.79 Å². The van der Waals surface area contributed by atoms with Gasteiger partial charge in [-0.3, -0.25) is 5.32 Å². The molecular formula is C18H28BNO4. The van der Waals surface area contributed by atoms with E-state index < -0.39 is 18.8 Å². The number of carbonyl (C=O) groups excluding carboxylic acids is 1. The van der Waals surface area contributed by atoms with Crippen LogP contribution in [0.2, 0.25) is 0 Å². The van der Waals surface area contributed by atoms with Crippen LogP contribution in [0.4, 0.5) is 10.5 Å². The standard InChI is InChI=1S/C18H28BNO4/c1-12-11-13(20-15(21)22-16(2,3)4)9-10-14(12)19-23-17(5,6)18(7,8)24-19/h9-11H,1-8H3,(H,20,21). The number of hydrogen-bond acceptors (Lipinski definition) is 4. The van der Waals surface area contributed by atoms with E-state index in [1.165, 1.54) is 0 Å². The Balaban J connectivity index is 2.13. The van der Waals surface area contributed by atoms with Crippen molar-refractivity contribution in [3.05, 3.63) is 23.8 Å². The highest BCUT2D eigenvalue weighted by molar-refractivity contribution is 6.62. The minimum absolute atomic E-state index is 0.377. The summed E-state index contributed by atoms with van der Waals surface area (Å²) in [6, 6.07) is 5.64. The zero-order chi connectivity index (χ0) is 18.3. The van der Waals surface area contributed by atoms with Gasteiger partial charge in [-0.1, -0.05) is 6.07 Å². The number of rotatable bonds is 2. The van der Waals surface area contributed by atoms with Crippen LogP contribution in [0.5, 0.6) is 0 Å². The van der Waals surface area contributed by atoms with Crippen molar-refractivity contribution in [2.45, 2.75) is 72.2 Å². The summed E-state index contributed by atoms with van der Waals surface area (Å²) in [5.41, 5.74) is 1.35. The lowest BCUT2D eigenvalue weighted by atomic mass is 9.76. The molecule has 1 heterocycles. The number of aryl methyl sites for hydroxylation is 1. The van der Waals surface area contributed by atoms with Crippen LogP contribution >= 0.6 is 0 Å². The van der Waals surface area contributed by atoms with Crippen LogP contribution in [0.1, 0.15) is 54.0 Å². The predicted molar refractivity (Wildman–Crippen MR) is 96.8 cm³/mol. The van der Waals surface area contributed by atoms with Gasteiger partial charge in [-0.2, -0.15) is 0 Å². The van der Waals surface area contributed by atoms with Crippen molar-refractivity contribution >= 4 is 24.4 Å². The number of nitrogens with one attached hydrogen (secondary N) is 1. The first-order valence-electron chi connectivity index (χ1n) is 8.27. The first-order chi connectivity index (χ1) is 10.8. The maximum absolute atomic E-state index is 11.9. The van der Waals surface area contributed by atoms with Gasteiger partial charge in [0, 0.05) is 5.69 Å². The molecule has 1 amide bonds. The summed E-state index contributed by atoms with van der Waals surface area (Å²) < 4.78 is 17.4. The summed E-state index contributed by atoms with van der Waals surface area (Å²) in [6.45, 7) is 15.6. The van der Waals surface area contributed by atoms with E-state index in [0.717, 1.165) is 11.0 Å². The fourth-order valence-corrected chi connectivity index (χ4v) is 2.41. The van der Waals surface area contributed by atoms with E-state index in [4.69, 9.17) is 14.0 Å². The van der Waals surface area contributed by atoms with E-state index in [2.05, 4.69) is 5.32 Å². The fraction of sp³-hybridized carbons (Fsp3) is 0.611. The van der Waals surface area contributed by atoms with Crippen LogP contribution in [0.25, 0.3) is 0 Å². The van der Waals surface area contributed by atoms with Gasteiger partial charge in [0.15, 0.2) is 0 Å². The van der Waals surface area contributed by atoms with Gasteiger partial charge >= 0.3 is 13.2 Å². The second-order valence-electron chi connectivity index (χ2n) is 8.29. The quantitative estimate of drug-likeness (QED) is 0.840. The Morgan fingerprint density at radius 1 is 1.12 bits per heavy atom. The molecule has 0 aliphatic carbocycles. The molecule has 1 aromatic rings. The monoisotopic (exact) mass is 333 g/mol. The summed E-state index contributed by atoms with van der Waals surface area (Å²) >= 11 is 0. The third-order valence-electron chi connectivity index (χ3n) is 4.42. The van der Waals surface area contributed by atoms with Crippen LogP contribution in [0.3, 0.4) is 0 Å². The van der Waals surface area contributed by atoms with Gasteiger partial charge in [0.25, 0.3) is 0 Å². The van der Waals surface area contributed by atoms with E-state index in [0.29, 0.717) is 5.69 Å². The molecule has 0 unspecified atom stereocenters. The molecule has 0 saturated carbocycles. The molecule has 0 radical (unpaired) electrons. The molecule has 5 nitrogen and oxygen atoms in total. The van der Waals surface area contributed by atoms with E-state index in [1.807, 2.05) is 73.6 Å². The molecule has 0 bridgehead atoms. The normalized spacial score (nSPS) is 19.2. The molecule has 1 fully saturated rings. The number of carbonyl (C=O) groups is 1. The van der Waals surface area contributed by atoms with Gasteiger partial charge in [-0.25, -0.2) is 4.79 Å². The molecule has 1 saturated heterocycles. The molecule has 1 aliphatic heterocycles. The Kier molecular flexibility index (Phi) is 4.77. The van der Waals surface area contributed by atoms with Crippen molar-refractivity contribution in [2.75, 3.05) is 5.32 Å². The molecule has 24 heavy (non-hydrogen) atoms. The molecule has 6 heteroatoms. The van der Waals surface area contributed by atoms with E-state index >= 15 is 0 Å². The summed E-state index contributed by atoms with van der Waals surface area (Å²) in [5.74, 6) is 0. The Morgan fingerprint density at radius 2 is 1.67 bits per heavy atom. The third-order valence-corrected chi connectivity index (χ3v) is 4.42. The highest BCUT2D eigenvalue weighted by Gasteiger charge is 2.52. The van der Waals surface area contributed by atoms with Gasteiger partial charge < -0.3 is 14.0 Å². The number of hydrogen-bond donors (Lipinski definition) is 1. The van der Waals surface area contributed by atoms with Gasteiger partial charge in [0.1, 0.15) is 5.60 Å². The lowest BCUT2D eigenvalue weighted by Gasteiger charge is -2.32. The minimum Gasteiger partial charge on any atom is -0.444 e. The number of ether oxygens (including phenoxy) is 1. The largest absolute Gasteiger partial charge is 0.495 e. The minimum atomic E-state index is -0.526. The van der Waals surface area contributed by atoms with Gasteiger partial charge in [0.05, 0.1) is 11.2 Å². The zero-order valence-corrected chi connectivity index (χ0v) is 15.9. The van der Waals surface area contributed by atoms with Crippen LogP contribution in [0, 0.1) is 6.92 Å². The molecule has 0 spiro atoms. The molecule has 1 aliphatic rings. The van der Waals surface area contributed by atoms with Crippen molar-refractivity contribution < 1.29 is 18.8 Å². The number of anilines is 1. The molecule has 0 aromatic heterocycles. The van der Waals surface area contributed by atoms with Crippen LogP contribution < -0.4 is 10.8 Å². The zero-order valence-electron chi connectivity index (χ0n) is 15.9. The summed E-state index contributed by atoms with van der Waals surface area (Å²) in [6.07, 6.45) is -0.467. The van der Waals surface area contributed by atoms with Crippen molar-refractivity contribution in [1.82, 2.24) is 0 Å². The fourth-order valence-electron chi connectivity index (χ4n) is 2.41. The van der Waals surface area contributed by atoms with E-state index in [1.54, 1.807) is 0 Å². The van der Waals surface area contributed by atoms with Gasteiger partial charge in [-0.05, 0) is 78.5 Å². The molecule has 1 N–H and O–H groups in total. The van der Waals surface area contributed by atoms with E-state index in [-0.39, 0.29) is 11.2 Å². The lowest BCUT2D eigenvalue weighted by Crippen LogP contribution is -2.41. The lowest BCUT2D eigenvalue weighted by molar-refractivity contribution is 0.00578. The van der Waals surface area contributed by atoms with Crippen molar-refractivity contribution in [1.29, 1.82) is 0 Å². The van der Waals surface area contributed by atoms with Crippen molar-refractivity contribution in [3.63, 3.8) is 0 Å². The second kappa shape index (κ2) is 6.08. The van der Waals surface area contributed by atoms with Crippen molar-refractivity contribution in [3.8, 4) is 0 Å². The third kappa shape index (κ3) is 4.11. The highest BCUT2D eigenvalue weighted by atomic mass is 16.7. The van der Waals surface area contributed by atoms with Gasteiger partial charge in [-0.15, -0.1) is 0 Å². The molecule has 2 rings (SSSR count). The molecule has 132 valence electrons. The SMILES string of the molecule is Cc1cc(NC(=O)OC(C)(C)C)ccc1B1OC(C)(C)C(C)(C)O1. The summed E-state index contributed by atoms with van der Waals surface area (Å²) in [7, 11) is -0.412. The Morgan fingerprint density at radius 3 is 2.12 bits per heavy atom. The second-order valence-corrected chi connectivity index (χ2v) is 8.29. The number of benzene rings is 1. The Bertz CT molecular complexity index is 618. The number of amides is 1. The smallest absolute Gasteiger partial charge is 0.444 e. The average molecular weight is 333 g/mol. The topological polar surface area (TPSA) is 56.8 Å². The Hall–Kier alpha value is -1.53. The average Bonchev–Trinajstić information content (AvgIpc) is 2.55. The van der Waals surface area contributed by atoms with Gasteiger partial charge in [0.2, 0.25) is 0 Å².